The Kier molecular flexibility index (Phi) is 14.8. The number of benzene rings is 2. The number of aryl methyl sites for hydroxylation is 1. The van der Waals surface area contributed by atoms with E-state index < -0.39 is 41.7 Å². The number of anilines is 2. The van der Waals surface area contributed by atoms with Crippen molar-refractivity contribution in [2.24, 2.45) is 27.6 Å². The fourth-order valence-corrected chi connectivity index (χ4v) is 9.98. The molecule has 8 rings (SSSR count). The van der Waals surface area contributed by atoms with Gasteiger partial charge in [0.15, 0.2) is 23.0 Å². The number of carbonyl (C=O) groups excluding carboxylic acids is 2. The minimum atomic E-state index is -4.77. The number of aromatic nitrogens is 4. The highest BCUT2D eigenvalue weighted by Gasteiger charge is 2.41. The third kappa shape index (κ3) is 11.4. The predicted molar refractivity (Wildman–Crippen MR) is 254 cm³/mol. The van der Waals surface area contributed by atoms with Gasteiger partial charge in [-0.05, 0) is 133 Å². The lowest BCUT2D eigenvalue weighted by Gasteiger charge is -2.33. The number of alkyl halides is 3. The van der Waals surface area contributed by atoms with E-state index in [-0.39, 0.29) is 23.4 Å². The Morgan fingerprint density at radius 1 is 0.721 bits per heavy atom. The second-order valence-corrected chi connectivity index (χ2v) is 19.5. The highest BCUT2D eigenvalue weighted by Crippen LogP contribution is 2.45. The Balaban J connectivity index is 0.000000203. The van der Waals surface area contributed by atoms with Crippen molar-refractivity contribution >= 4 is 69.6 Å². The average molecular weight is 983 g/mol. The molecule has 16 nitrogen and oxygen atoms in total. The minimum Gasteiger partial charge on any atom is -0.463 e. The normalized spacial score (nSPS) is 21.5. The number of halogens is 5. The molecule has 0 atom stereocenters. The topological polar surface area (TPSA) is 251 Å². The average Bonchev–Trinajstić information content (AvgIpc) is 3.26. The van der Waals surface area contributed by atoms with Crippen LogP contribution in [0.25, 0.3) is 0 Å². The van der Waals surface area contributed by atoms with E-state index in [4.69, 9.17) is 60.0 Å². The van der Waals surface area contributed by atoms with Gasteiger partial charge in [0.25, 0.3) is 0 Å². The SMILES string of the molecule is CC1(C)Oc2nc(C(F)(F)F)nc(N)c2N=C1c1ccc(C2CCC(CNC(=O)CO)CC2)c(Cl)c1.Cc1nc(N)c2c(n1)OC(C)(C)C(c1ccc(C3CCC(CNC(N)=O)CC3)c(Cl)c1)=N2. The van der Waals surface area contributed by atoms with Crippen LogP contribution in [0.1, 0.15) is 125 Å². The van der Waals surface area contributed by atoms with Crippen LogP contribution in [0, 0.1) is 18.8 Å². The maximum atomic E-state index is 13.1. The lowest BCUT2D eigenvalue weighted by atomic mass is 9.78. The summed E-state index contributed by atoms with van der Waals surface area (Å²) >= 11 is 13.4. The van der Waals surface area contributed by atoms with Gasteiger partial charge in [-0.25, -0.2) is 24.7 Å². The molecule has 2 fully saturated rings. The number of rotatable bonds is 9. The van der Waals surface area contributed by atoms with E-state index >= 15 is 0 Å². The van der Waals surface area contributed by atoms with Gasteiger partial charge in [0, 0.05) is 34.3 Å². The molecule has 4 aliphatic rings. The van der Waals surface area contributed by atoms with Crippen LogP contribution in [0.5, 0.6) is 11.8 Å². The number of nitrogens with zero attached hydrogens (tertiary/aromatic N) is 6. The summed E-state index contributed by atoms with van der Waals surface area (Å²) in [6, 6.07) is 11.2. The highest BCUT2D eigenvalue weighted by atomic mass is 35.5. The number of amides is 3. The van der Waals surface area contributed by atoms with Crippen molar-refractivity contribution in [3.63, 3.8) is 0 Å². The molecule has 2 saturated carbocycles. The van der Waals surface area contributed by atoms with Crippen molar-refractivity contribution in [2.45, 2.75) is 115 Å². The van der Waals surface area contributed by atoms with E-state index in [1.165, 1.54) is 0 Å². The zero-order valence-electron chi connectivity index (χ0n) is 38.4. The number of fused-ring (bicyclic) bond motifs is 2. The third-order valence-corrected chi connectivity index (χ3v) is 13.5. The largest absolute Gasteiger partial charge is 0.463 e. The number of nitrogens with two attached hydrogens (primary N) is 3. The first kappa shape index (κ1) is 50.1. The van der Waals surface area contributed by atoms with E-state index in [2.05, 4.69) is 41.6 Å². The van der Waals surface area contributed by atoms with E-state index in [1.807, 2.05) is 38.1 Å². The summed E-state index contributed by atoms with van der Waals surface area (Å²) in [7, 11) is 0. The number of ether oxygens (including phenoxy) is 2. The molecule has 4 aromatic rings. The van der Waals surface area contributed by atoms with Gasteiger partial charge >= 0.3 is 12.2 Å². The number of hydrogen-bond acceptors (Lipinski definition) is 13. The van der Waals surface area contributed by atoms with E-state index in [1.54, 1.807) is 26.8 Å². The number of nitrogen functional groups attached to an aromatic ring is 2. The van der Waals surface area contributed by atoms with Crippen LogP contribution < -0.4 is 37.3 Å². The van der Waals surface area contributed by atoms with Gasteiger partial charge in [0.2, 0.25) is 23.5 Å². The van der Waals surface area contributed by atoms with Crippen molar-refractivity contribution in [1.29, 1.82) is 0 Å². The van der Waals surface area contributed by atoms with Crippen LogP contribution in [0.15, 0.2) is 46.4 Å². The van der Waals surface area contributed by atoms with Crippen LogP contribution in [-0.4, -0.2) is 79.3 Å². The van der Waals surface area contributed by atoms with Gasteiger partial charge in [-0.2, -0.15) is 23.1 Å². The van der Waals surface area contributed by atoms with Gasteiger partial charge in [-0.15, -0.1) is 0 Å². The maximum Gasteiger partial charge on any atom is 0.451 e. The molecule has 68 heavy (non-hydrogen) atoms. The Labute approximate surface area is 402 Å². The number of nitrogens with one attached hydrogen (secondary N) is 2. The summed E-state index contributed by atoms with van der Waals surface area (Å²) < 4.78 is 51.2. The summed E-state index contributed by atoms with van der Waals surface area (Å²) in [5.41, 5.74) is 20.5. The first-order valence-corrected chi connectivity index (χ1v) is 23.2. The minimum absolute atomic E-state index is 0.0517. The molecule has 2 aromatic heterocycles. The van der Waals surface area contributed by atoms with Crippen molar-refractivity contribution in [2.75, 3.05) is 31.2 Å². The fraction of sp³-hybridized carbons (Fsp3) is 0.489. The first-order chi connectivity index (χ1) is 32.0. The van der Waals surface area contributed by atoms with Gasteiger partial charge < -0.3 is 42.4 Å². The fourth-order valence-electron chi connectivity index (χ4n) is 9.31. The van der Waals surface area contributed by atoms with Crippen molar-refractivity contribution < 1.29 is 37.3 Å². The van der Waals surface area contributed by atoms with Crippen LogP contribution in [0.2, 0.25) is 10.0 Å². The quantitative estimate of drug-likeness (QED) is 0.0925. The van der Waals surface area contributed by atoms with E-state index in [9.17, 15) is 22.8 Å². The van der Waals surface area contributed by atoms with Gasteiger partial charge in [-0.1, -0.05) is 47.5 Å². The monoisotopic (exact) mass is 981 g/mol. The molecule has 2 aliphatic heterocycles. The second-order valence-electron chi connectivity index (χ2n) is 18.7. The van der Waals surface area contributed by atoms with Gasteiger partial charge in [-0.3, -0.25) is 4.79 Å². The van der Waals surface area contributed by atoms with Crippen LogP contribution >= 0.6 is 23.2 Å². The molecule has 3 amide bonds. The smallest absolute Gasteiger partial charge is 0.451 e. The lowest BCUT2D eigenvalue weighted by Crippen LogP contribution is -2.41. The number of carbonyl (C=O) groups is 2. The lowest BCUT2D eigenvalue weighted by molar-refractivity contribution is -0.145. The van der Waals surface area contributed by atoms with Crippen molar-refractivity contribution in [1.82, 2.24) is 30.6 Å². The summed E-state index contributed by atoms with van der Waals surface area (Å²) in [6.45, 7) is 9.70. The molecular weight excluding hydrogens is 926 g/mol. The second kappa shape index (κ2) is 20.0. The number of urea groups is 1. The molecule has 0 saturated heterocycles. The van der Waals surface area contributed by atoms with Gasteiger partial charge in [0.05, 0.1) is 11.4 Å². The molecule has 2 aliphatic carbocycles. The molecule has 0 bridgehead atoms. The van der Waals surface area contributed by atoms with E-state index in [0.29, 0.717) is 70.4 Å². The molecule has 0 unspecified atom stereocenters. The summed E-state index contributed by atoms with van der Waals surface area (Å²) in [6.07, 6.45) is 3.04. The summed E-state index contributed by atoms with van der Waals surface area (Å²) in [4.78, 5) is 46.9. The number of aliphatic hydroxyl groups excluding tert-OH is 1. The molecule has 0 radical (unpaired) electrons. The van der Waals surface area contributed by atoms with Gasteiger partial charge in [0.1, 0.15) is 23.6 Å². The van der Waals surface area contributed by atoms with Crippen molar-refractivity contribution in [3.8, 4) is 11.8 Å². The Bertz CT molecular complexity index is 2630. The molecular formula is C47H56Cl2F3N11O5. The van der Waals surface area contributed by atoms with Crippen LogP contribution in [0.3, 0.4) is 0 Å². The number of aliphatic hydroxyl groups is 1. The van der Waals surface area contributed by atoms with Crippen molar-refractivity contribution in [3.05, 3.63) is 80.3 Å². The number of hydrogen-bond donors (Lipinski definition) is 6. The zero-order chi connectivity index (χ0) is 49.3. The molecule has 4 heterocycles. The Hall–Kier alpha value is -5.79. The Morgan fingerprint density at radius 3 is 1.59 bits per heavy atom. The molecule has 9 N–H and O–H groups in total. The molecule has 21 heteroatoms. The predicted octanol–water partition coefficient (Wildman–Crippen LogP) is 8.66. The van der Waals surface area contributed by atoms with E-state index in [0.717, 1.165) is 78.8 Å². The Morgan fingerprint density at radius 2 is 1.16 bits per heavy atom. The zero-order valence-corrected chi connectivity index (χ0v) is 39.9. The highest BCUT2D eigenvalue weighted by molar-refractivity contribution is 6.32. The third-order valence-electron chi connectivity index (χ3n) is 12.8. The first-order valence-electron chi connectivity index (χ1n) is 22.5. The number of primary amides is 1. The molecule has 0 spiro atoms. The summed E-state index contributed by atoms with van der Waals surface area (Å²) in [5.74, 6) is 0.219. The molecule has 2 aromatic carbocycles. The maximum absolute atomic E-state index is 13.1. The summed E-state index contributed by atoms with van der Waals surface area (Å²) in [5, 5.41) is 15.6. The number of aliphatic imine (C=N–C) groups is 2. The standard InChI is InChI=1S/C24H27ClF3N5O3.C23H29ClN6O2/c1-23(2)19(31-18-20(29)32-22(24(26,27)28)33-21(18)36-23)14-7-8-15(16(25)9-14)13-5-3-12(4-6-13)10-30-17(35)11-34;1-12-28-20(25)18-21(29-12)32-23(2,3)19(30-18)15-8-9-16(17(24)10-15)14-6-4-13(5-7-14)11-27-22(26)31/h7-9,12-13,34H,3-6,10-11H2,1-2H3,(H,30,35)(H2,29,32,33);8-10,13-14H,4-7,11H2,1-3H3,(H2,25,28,29)(H3,26,27,31). The molecule has 364 valence electrons. The van der Waals surface area contributed by atoms with Crippen LogP contribution in [0.4, 0.5) is 41.0 Å². The van der Waals surface area contributed by atoms with Crippen LogP contribution in [-0.2, 0) is 11.0 Å².